The quantitative estimate of drug-likeness (QED) is 0.194. The summed E-state index contributed by atoms with van der Waals surface area (Å²) in [5.74, 6) is 1.17. The summed E-state index contributed by atoms with van der Waals surface area (Å²) in [5.41, 5.74) is 8.64. The largest absolute Gasteiger partial charge is 0.505 e. The van der Waals surface area contributed by atoms with Gasteiger partial charge >= 0.3 is 0 Å². The Morgan fingerprint density at radius 1 is 0.765 bits per heavy atom. The number of benzene rings is 2. The molecular formula is C30H26IrN2O-2. The fourth-order valence-corrected chi connectivity index (χ4v) is 4.21. The second-order valence-electron chi connectivity index (χ2n) is 8.52. The third-order valence-electron chi connectivity index (χ3n) is 5.98. The summed E-state index contributed by atoms with van der Waals surface area (Å²) in [7, 11) is 0. The molecule has 0 bridgehead atoms. The van der Waals surface area contributed by atoms with Crippen LogP contribution in [0.2, 0.25) is 0 Å². The van der Waals surface area contributed by atoms with Crippen LogP contribution in [0.4, 0.5) is 0 Å². The molecule has 0 atom stereocenters. The molecule has 0 aliphatic heterocycles. The molecule has 6 rings (SSSR count). The van der Waals surface area contributed by atoms with E-state index in [4.69, 9.17) is 4.42 Å². The van der Waals surface area contributed by atoms with Crippen molar-refractivity contribution in [3.63, 3.8) is 0 Å². The first-order valence-corrected chi connectivity index (χ1v) is 11.5. The van der Waals surface area contributed by atoms with Crippen molar-refractivity contribution in [2.75, 3.05) is 0 Å². The molecular weight excluding hydrogens is 597 g/mol. The van der Waals surface area contributed by atoms with E-state index in [0.717, 1.165) is 40.9 Å². The Morgan fingerprint density at radius 3 is 2.18 bits per heavy atom. The molecule has 0 saturated heterocycles. The average molecular weight is 623 g/mol. The van der Waals surface area contributed by atoms with E-state index in [2.05, 4.69) is 40.3 Å². The van der Waals surface area contributed by atoms with Gasteiger partial charge in [-0.05, 0) is 61.2 Å². The van der Waals surface area contributed by atoms with Crippen LogP contribution < -0.4 is 0 Å². The number of nitrogens with zero attached hydrogens (tertiary/aromatic N) is 2. The summed E-state index contributed by atoms with van der Waals surface area (Å²) in [4.78, 5) is 8.83. The molecule has 3 heterocycles. The maximum Gasteiger partial charge on any atom is 0.0930 e. The molecule has 0 unspecified atom stereocenters. The molecule has 1 aliphatic rings. The standard InChI is InChI=1S/C18H16NO.C12H10N.Ir/c1-12-9-10-16(19-11-12)15-7-4-6-14-13-5-2-3-8-17(13)20-18(14)15;1-10-7-8-12(13-9-10)11-5-3-2-4-6-11;/h4,6,9-11H,2-3,5,8H2,1H3;2-5,7-9H,1H3;/q2*-1;. The van der Waals surface area contributed by atoms with E-state index in [1.54, 1.807) is 0 Å². The number of hydrogen-bond donors (Lipinski definition) is 0. The van der Waals surface area contributed by atoms with Crippen molar-refractivity contribution in [2.45, 2.75) is 39.5 Å². The van der Waals surface area contributed by atoms with Crippen molar-refractivity contribution in [3.05, 3.63) is 108 Å². The number of pyridine rings is 2. The Kier molecular flexibility index (Phi) is 7.72. The topological polar surface area (TPSA) is 38.9 Å². The van der Waals surface area contributed by atoms with E-state index in [0.29, 0.717) is 0 Å². The van der Waals surface area contributed by atoms with Gasteiger partial charge in [0.1, 0.15) is 0 Å². The second-order valence-corrected chi connectivity index (χ2v) is 8.52. The normalized spacial score (nSPS) is 12.3. The smallest absolute Gasteiger partial charge is 0.0930 e. The SMILES string of the molecule is Cc1ccc(-c2[c-]ccc3c4c(oc23)CCCC4)nc1.Cc1ccc(-c2[c-]cccc2)nc1.[Ir]. The number of fused-ring (bicyclic) bond motifs is 3. The fraction of sp³-hybridized carbons (Fsp3) is 0.200. The van der Waals surface area contributed by atoms with Gasteiger partial charge in [-0.2, -0.15) is 0 Å². The summed E-state index contributed by atoms with van der Waals surface area (Å²) < 4.78 is 6.14. The molecule has 2 aromatic carbocycles. The molecule has 3 aromatic heterocycles. The Bertz CT molecular complexity index is 1360. The van der Waals surface area contributed by atoms with Crippen LogP contribution in [0, 0.1) is 26.0 Å². The number of hydrogen-bond acceptors (Lipinski definition) is 3. The zero-order valence-electron chi connectivity index (χ0n) is 19.4. The summed E-state index contributed by atoms with van der Waals surface area (Å²) in [6.45, 7) is 4.08. The minimum Gasteiger partial charge on any atom is -0.505 e. The van der Waals surface area contributed by atoms with Gasteiger partial charge in [-0.1, -0.05) is 35.2 Å². The maximum absolute atomic E-state index is 6.14. The number of aromatic nitrogens is 2. The van der Waals surface area contributed by atoms with Crippen molar-refractivity contribution >= 4 is 11.0 Å². The minimum absolute atomic E-state index is 0. The zero-order valence-corrected chi connectivity index (χ0v) is 21.8. The van der Waals surface area contributed by atoms with Crippen LogP contribution in [0.25, 0.3) is 33.5 Å². The van der Waals surface area contributed by atoms with Crippen molar-refractivity contribution < 1.29 is 24.5 Å². The molecule has 0 spiro atoms. The van der Waals surface area contributed by atoms with E-state index in [9.17, 15) is 0 Å². The van der Waals surface area contributed by atoms with E-state index in [1.807, 2.05) is 68.7 Å². The molecule has 5 aromatic rings. The fourth-order valence-electron chi connectivity index (χ4n) is 4.21. The Hall–Kier alpha value is -3.07. The van der Waals surface area contributed by atoms with Gasteiger partial charge in [-0.15, -0.1) is 54.1 Å². The maximum atomic E-state index is 6.14. The van der Waals surface area contributed by atoms with Gasteiger partial charge < -0.3 is 14.4 Å². The molecule has 0 fully saturated rings. The molecule has 0 N–H and O–H groups in total. The van der Waals surface area contributed by atoms with E-state index >= 15 is 0 Å². The van der Waals surface area contributed by atoms with Crippen LogP contribution in [-0.2, 0) is 32.9 Å². The van der Waals surface area contributed by atoms with Crippen molar-refractivity contribution in [1.29, 1.82) is 0 Å². The van der Waals surface area contributed by atoms with Crippen LogP contribution in [0.1, 0.15) is 35.3 Å². The van der Waals surface area contributed by atoms with Crippen LogP contribution in [0.15, 0.2) is 77.5 Å². The summed E-state index contributed by atoms with van der Waals surface area (Å²) in [6.07, 6.45) is 8.45. The molecule has 1 radical (unpaired) electrons. The predicted octanol–water partition coefficient (Wildman–Crippen LogP) is 7.34. The summed E-state index contributed by atoms with van der Waals surface area (Å²) >= 11 is 0. The molecule has 3 nitrogen and oxygen atoms in total. The van der Waals surface area contributed by atoms with E-state index in [1.165, 1.54) is 40.7 Å². The number of furan rings is 1. The van der Waals surface area contributed by atoms with Gasteiger partial charge in [-0.3, -0.25) is 0 Å². The van der Waals surface area contributed by atoms with Crippen LogP contribution >= 0.6 is 0 Å². The molecule has 0 saturated carbocycles. The van der Waals surface area contributed by atoms with Gasteiger partial charge in [0.25, 0.3) is 0 Å². The molecule has 1 aliphatic carbocycles. The molecule has 173 valence electrons. The first-order valence-electron chi connectivity index (χ1n) is 11.5. The summed E-state index contributed by atoms with van der Waals surface area (Å²) in [5, 5.41) is 1.25. The Labute approximate surface area is 214 Å². The van der Waals surface area contributed by atoms with Crippen LogP contribution in [-0.4, -0.2) is 9.97 Å². The predicted molar refractivity (Wildman–Crippen MR) is 133 cm³/mol. The van der Waals surface area contributed by atoms with Gasteiger partial charge in [0.15, 0.2) is 0 Å². The molecule has 4 heteroatoms. The third kappa shape index (κ3) is 5.19. The van der Waals surface area contributed by atoms with E-state index < -0.39 is 0 Å². The third-order valence-corrected chi connectivity index (χ3v) is 5.98. The number of rotatable bonds is 2. The monoisotopic (exact) mass is 623 g/mol. The first kappa shape index (κ1) is 24.1. The minimum atomic E-state index is 0. The van der Waals surface area contributed by atoms with Gasteiger partial charge in [0.2, 0.25) is 0 Å². The Balaban J connectivity index is 0.000000171. The zero-order chi connectivity index (χ0) is 22.6. The average Bonchev–Trinajstić information content (AvgIpc) is 3.25. The molecule has 0 amide bonds. The van der Waals surface area contributed by atoms with Crippen molar-refractivity contribution in [3.8, 4) is 22.5 Å². The van der Waals surface area contributed by atoms with Gasteiger partial charge in [-0.25, -0.2) is 0 Å². The van der Waals surface area contributed by atoms with Gasteiger partial charge in [0, 0.05) is 38.9 Å². The van der Waals surface area contributed by atoms with Crippen molar-refractivity contribution in [2.24, 2.45) is 0 Å². The van der Waals surface area contributed by atoms with Crippen molar-refractivity contribution in [1.82, 2.24) is 9.97 Å². The Morgan fingerprint density at radius 2 is 1.50 bits per heavy atom. The first-order chi connectivity index (χ1) is 16.2. The van der Waals surface area contributed by atoms with E-state index in [-0.39, 0.29) is 20.1 Å². The second kappa shape index (κ2) is 10.9. The van der Waals surface area contributed by atoms with Crippen LogP contribution in [0.5, 0.6) is 0 Å². The molecule has 34 heavy (non-hydrogen) atoms. The van der Waals surface area contributed by atoms with Crippen LogP contribution in [0.3, 0.4) is 0 Å². The van der Waals surface area contributed by atoms with Gasteiger partial charge in [0.05, 0.1) is 11.3 Å². The summed E-state index contributed by atoms with van der Waals surface area (Å²) in [6, 6.07) is 26.6. The number of aryl methyl sites for hydroxylation is 4.